The zero-order chi connectivity index (χ0) is 10.8. The van der Waals surface area contributed by atoms with E-state index in [0.717, 1.165) is 12.8 Å². The van der Waals surface area contributed by atoms with Crippen molar-refractivity contribution in [2.75, 3.05) is 13.7 Å². The Morgan fingerprint density at radius 1 is 1.29 bits per heavy atom. The van der Waals surface area contributed by atoms with Crippen LogP contribution in [-0.4, -0.2) is 36.0 Å². The minimum Gasteiger partial charge on any atom is -0.469 e. The van der Waals surface area contributed by atoms with Gasteiger partial charge in [0.15, 0.2) is 0 Å². The van der Waals surface area contributed by atoms with Crippen LogP contribution in [-0.2, 0) is 9.53 Å². The standard InChI is InChI=1S/C10H20O4/c1-14-10(13)7-3-2-5-9(12)6-4-8-11/h9,11-12H,2-8H2,1H3. The Labute approximate surface area is 84.9 Å². The summed E-state index contributed by atoms with van der Waals surface area (Å²) in [5, 5.41) is 17.9. The summed E-state index contributed by atoms with van der Waals surface area (Å²) in [6, 6.07) is 0. The fourth-order valence-corrected chi connectivity index (χ4v) is 1.22. The molecule has 0 fully saturated rings. The van der Waals surface area contributed by atoms with Crippen LogP contribution in [0.1, 0.15) is 38.5 Å². The van der Waals surface area contributed by atoms with E-state index in [-0.39, 0.29) is 18.7 Å². The van der Waals surface area contributed by atoms with E-state index in [1.807, 2.05) is 0 Å². The van der Waals surface area contributed by atoms with Gasteiger partial charge in [0, 0.05) is 13.0 Å². The molecule has 4 nitrogen and oxygen atoms in total. The van der Waals surface area contributed by atoms with Gasteiger partial charge in [0.05, 0.1) is 13.2 Å². The van der Waals surface area contributed by atoms with Crippen LogP contribution < -0.4 is 0 Å². The maximum atomic E-state index is 10.7. The Morgan fingerprint density at radius 2 is 1.93 bits per heavy atom. The Kier molecular flexibility index (Phi) is 8.57. The highest BCUT2D eigenvalue weighted by Gasteiger charge is 2.04. The Hall–Kier alpha value is -0.610. The first kappa shape index (κ1) is 13.4. The molecule has 0 radical (unpaired) electrons. The molecule has 0 amide bonds. The fourth-order valence-electron chi connectivity index (χ4n) is 1.22. The molecule has 2 N–H and O–H groups in total. The number of hydrogen-bond acceptors (Lipinski definition) is 4. The monoisotopic (exact) mass is 204 g/mol. The van der Waals surface area contributed by atoms with E-state index in [0.29, 0.717) is 25.7 Å². The van der Waals surface area contributed by atoms with Gasteiger partial charge in [-0.15, -0.1) is 0 Å². The molecule has 1 atom stereocenters. The Morgan fingerprint density at radius 3 is 2.50 bits per heavy atom. The van der Waals surface area contributed by atoms with Crippen LogP contribution in [0.4, 0.5) is 0 Å². The van der Waals surface area contributed by atoms with Crippen molar-refractivity contribution in [3.8, 4) is 0 Å². The normalized spacial score (nSPS) is 12.5. The molecule has 0 aliphatic rings. The average Bonchev–Trinajstić information content (AvgIpc) is 2.21. The number of methoxy groups -OCH3 is 1. The highest BCUT2D eigenvalue weighted by atomic mass is 16.5. The van der Waals surface area contributed by atoms with E-state index in [9.17, 15) is 9.90 Å². The van der Waals surface area contributed by atoms with E-state index in [1.165, 1.54) is 7.11 Å². The topological polar surface area (TPSA) is 66.8 Å². The molecular weight excluding hydrogens is 184 g/mol. The quantitative estimate of drug-likeness (QED) is 0.454. The van der Waals surface area contributed by atoms with Gasteiger partial charge in [-0.2, -0.15) is 0 Å². The smallest absolute Gasteiger partial charge is 0.305 e. The number of esters is 1. The molecule has 0 rings (SSSR count). The van der Waals surface area contributed by atoms with E-state index < -0.39 is 0 Å². The van der Waals surface area contributed by atoms with Crippen molar-refractivity contribution in [3.63, 3.8) is 0 Å². The molecule has 1 unspecified atom stereocenters. The minimum atomic E-state index is -0.347. The predicted octanol–water partition coefficient (Wildman–Crippen LogP) is 0.853. The third-order valence-electron chi connectivity index (χ3n) is 2.09. The summed E-state index contributed by atoms with van der Waals surface area (Å²) in [6.07, 6.45) is 3.61. The molecule has 0 aromatic carbocycles. The van der Waals surface area contributed by atoms with Gasteiger partial charge in [0.25, 0.3) is 0 Å². The molecule has 0 aromatic heterocycles. The summed E-state index contributed by atoms with van der Waals surface area (Å²) in [5.74, 6) is -0.199. The summed E-state index contributed by atoms with van der Waals surface area (Å²) in [7, 11) is 1.37. The summed E-state index contributed by atoms with van der Waals surface area (Å²) in [4.78, 5) is 10.7. The lowest BCUT2D eigenvalue weighted by molar-refractivity contribution is -0.140. The van der Waals surface area contributed by atoms with Crippen molar-refractivity contribution in [3.05, 3.63) is 0 Å². The van der Waals surface area contributed by atoms with Crippen LogP contribution >= 0.6 is 0 Å². The number of aliphatic hydroxyl groups excluding tert-OH is 2. The number of ether oxygens (including phenoxy) is 1. The lowest BCUT2D eigenvalue weighted by Crippen LogP contribution is -2.07. The van der Waals surface area contributed by atoms with E-state index in [1.54, 1.807) is 0 Å². The molecule has 0 spiro atoms. The highest BCUT2D eigenvalue weighted by Crippen LogP contribution is 2.08. The van der Waals surface area contributed by atoms with Gasteiger partial charge in [-0.3, -0.25) is 4.79 Å². The highest BCUT2D eigenvalue weighted by molar-refractivity contribution is 5.68. The van der Waals surface area contributed by atoms with E-state index in [4.69, 9.17) is 5.11 Å². The number of rotatable bonds is 8. The number of aliphatic hydroxyl groups is 2. The molecule has 4 heteroatoms. The predicted molar refractivity (Wildman–Crippen MR) is 52.8 cm³/mol. The molecule has 0 aliphatic carbocycles. The van der Waals surface area contributed by atoms with Gasteiger partial charge in [0.2, 0.25) is 0 Å². The van der Waals surface area contributed by atoms with Crippen molar-refractivity contribution in [1.29, 1.82) is 0 Å². The van der Waals surface area contributed by atoms with Gasteiger partial charge < -0.3 is 14.9 Å². The van der Waals surface area contributed by atoms with E-state index in [2.05, 4.69) is 4.74 Å². The number of unbranched alkanes of at least 4 members (excludes halogenated alkanes) is 1. The second-order valence-corrected chi connectivity index (χ2v) is 3.34. The summed E-state index contributed by atoms with van der Waals surface area (Å²) in [5.41, 5.74) is 0. The Bertz CT molecular complexity index is 147. The molecule has 0 aromatic rings. The van der Waals surface area contributed by atoms with E-state index >= 15 is 0 Å². The minimum absolute atomic E-state index is 0.124. The molecule has 84 valence electrons. The second-order valence-electron chi connectivity index (χ2n) is 3.34. The molecule has 0 bridgehead atoms. The number of carbonyl (C=O) groups excluding carboxylic acids is 1. The first-order valence-corrected chi connectivity index (χ1v) is 5.06. The SMILES string of the molecule is COC(=O)CCCCC(O)CCCO. The van der Waals surface area contributed by atoms with Gasteiger partial charge in [-0.05, 0) is 25.7 Å². The van der Waals surface area contributed by atoms with Gasteiger partial charge in [0.1, 0.15) is 0 Å². The van der Waals surface area contributed by atoms with Crippen molar-refractivity contribution >= 4 is 5.97 Å². The van der Waals surface area contributed by atoms with Crippen LogP contribution in [0.5, 0.6) is 0 Å². The van der Waals surface area contributed by atoms with Crippen LogP contribution in [0.3, 0.4) is 0 Å². The summed E-state index contributed by atoms with van der Waals surface area (Å²) in [6.45, 7) is 0.124. The van der Waals surface area contributed by atoms with Gasteiger partial charge in [-0.25, -0.2) is 0 Å². The zero-order valence-corrected chi connectivity index (χ0v) is 8.74. The van der Waals surface area contributed by atoms with Crippen molar-refractivity contribution in [2.45, 2.75) is 44.6 Å². The van der Waals surface area contributed by atoms with Crippen LogP contribution in [0.2, 0.25) is 0 Å². The third kappa shape index (κ3) is 8.01. The maximum Gasteiger partial charge on any atom is 0.305 e. The van der Waals surface area contributed by atoms with Crippen molar-refractivity contribution in [1.82, 2.24) is 0 Å². The first-order valence-electron chi connectivity index (χ1n) is 5.06. The summed E-state index contributed by atoms with van der Waals surface area (Å²) >= 11 is 0. The molecule has 0 saturated heterocycles. The zero-order valence-electron chi connectivity index (χ0n) is 8.74. The van der Waals surface area contributed by atoms with Crippen molar-refractivity contribution < 1.29 is 19.7 Å². The van der Waals surface area contributed by atoms with Crippen LogP contribution in [0.15, 0.2) is 0 Å². The molecule has 0 heterocycles. The number of carbonyl (C=O) groups is 1. The number of hydrogen-bond donors (Lipinski definition) is 2. The summed E-state index contributed by atoms with van der Waals surface area (Å²) < 4.78 is 4.49. The van der Waals surface area contributed by atoms with Gasteiger partial charge in [-0.1, -0.05) is 6.42 Å². The second kappa shape index (κ2) is 8.97. The Balaban J connectivity index is 3.22. The lowest BCUT2D eigenvalue weighted by atomic mass is 10.1. The lowest BCUT2D eigenvalue weighted by Gasteiger charge is -2.08. The third-order valence-corrected chi connectivity index (χ3v) is 2.09. The molecular formula is C10H20O4. The van der Waals surface area contributed by atoms with Gasteiger partial charge >= 0.3 is 5.97 Å². The largest absolute Gasteiger partial charge is 0.469 e. The first-order chi connectivity index (χ1) is 6.70. The van der Waals surface area contributed by atoms with Crippen LogP contribution in [0, 0.1) is 0 Å². The van der Waals surface area contributed by atoms with Crippen molar-refractivity contribution in [2.24, 2.45) is 0 Å². The average molecular weight is 204 g/mol. The molecule has 0 aliphatic heterocycles. The maximum absolute atomic E-state index is 10.7. The molecule has 14 heavy (non-hydrogen) atoms. The molecule has 0 saturated carbocycles. The van der Waals surface area contributed by atoms with Crippen LogP contribution in [0.25, 0.3) is 0 Å². The fraction of sp³-hybridized carbons (Fsp3) is 0.900.